The second-order valence-corrected chi connectivity index (χ2v) is 5.83. The van der Waals surface area contributed by atoms with E-state index >= 15 is 0 Å². The topological polar surface area (TPSA) is 72.4 Å². The van der Waals surface area contributed by atoms with Crippen LogP contribution in [0.25, 0.3) is 0 Å². The van der Waals surface area contributed by atoms with Crippen LogP contribution in [0.4, 0.5) is 11.4 Å². The van der Waals surface area contributed by atoms with Gasteiger partial charge in [-0.15, -0.1) is 0 Å². The van der Waals surface area contributed by atoms with Crippen molar-refractivity contribution in [1.82, 2.24) is 0 Å². The van der Waals surface area contributed by atoms with Crippen LogP contribution in [0, 0.1) is 23.0 Å². The van der Waals surface area contributed by atoms with E-state index in [4.69, 9.17) is 5.73 Å². The fraction of sp³-hybridized carbons (Fsp3) is 0.625. The number of aryl methyl sites for hydroxylation is 1. The first-order valence-corrected chi connectivity index (χ1v) is 7.80. The van der Waals surface area contributed by atoms with E-state index in [1.165, 1.54) is 12.8 Å². The minimum absolute atomic E-state index is 0.237. The van der Waals surface area contributed by atoms with Crippen molar-refractivity contribution in [2.45, 2.75) is 45.6 Å². The molecule has 0 heterocycles. The van der Waals surface area contributed by atoms with Crippen molar-refractivity contribution >= 4 is 11.4 Å². The number of nitro groups is 1. The molecule has 2 rings (SSSR count). The van der Waals surface area contributed by atoms with Crippen molar-refractivity contribution in [2.75, 3.05) is 18.0 Å². The van der Waals surface area contributed by atoms with E-state index in [1.54, 1.807) is 13.0 Å². The van der Waals surface area contributed by atoms with Crippen LogP contribution in [0.3, 0.4) is 0 Å². The Morgan fingerprint density at radius 2 is 2.10 bits per heavy atom. The first-order chi connectivity index (χ1) is 10.1. The molecule has 0 spiro atoms. The van der Waals surface area contributed by atoms with Gasteiger partial charge >= 0.3 is 0 Å². The molecule has 2 N–H and O–H groups in total. The fourth-order valence-corrected chi connectivity index (χ4v) is 3.57. The summed E-state index contributed by atoms with van der Waals surface area (Å²) in [5, 5.41) is 11.5. The third-order valence-electron chi connectivity index (χ3n) is 4.62. The predicted octanol–water partition coefficient (Wildman–Crippen LogP) is 3.25. The summed E-state index contributed by atoms with van der Waals surface area (Å²) < 4.78 is 0. The highest BCUT2D eigenvalue weighted by Gasteiger charge is 2.32. The van der Waals surface area contributed by atoms with Gasteiger partial charge in [0.15, 0.2) is 0 Å². The Labute approximate surface area is 126 Å². The normalized spacial score (nSPS) is 22.0. The summed E-state index contributed by atoms with van der Waals surface area (Å²) in [5.74, 6) is 0.429. The maximum Gasteiger partial charge on any atom is 0.295 e. The molecule has 0 amide bonds. The third kappa shape index (κ3) is 3.18. The van der Waals surface area contributed by atoms with E-state index in [2.05, 4.69) is 11.8 Å². The highest BCUT2D eigenvalue weighted by Crippen LogP contribution is 2.37. The molecule has 0 saturated heterocycles. The van der Waals surface area contributed by atoms with E-state index in [-0.39, 0.29) is 10.6 Å². The number of rotatable bonds is 5. The maximum absolute atomic E-state index is 11.5. The zero-order valence-corrected chi connectivity index (χ0v) is 12.9. The van der Waals surface area contributed by atoms with E-state index in [0.29, 0.717) is 18.5 Å². The summed E-state index contributed by atoms with van der Waals surface area (Å²) in [7, 11) is 0. The molecule has 1 saturated carbocycles. The van der Waals surface area contributed by atoms with Crippen molar-refractivity contribution in [2.24, 2.45) is 11.7 Å². The quantitative estimate of drug-likeness (QED) is 0.667. The molecule has 1 aliphatic carbocycles. The lowest BCUT2D eigenvalue weighted by Gasteiger charge is -2.40. The second kappa shape index (κ2) is 6.89. The largest absolute Gasteiger partial charge is 0.363 e. The number of nitrogens with zero attached hydrogens (tertiary/aromatic N) is 2. The minimum Gasteiger partial charge on any atom is -0.363 e. The van der Waals surface area contributed by atoms with Crippen molar-refractivity contribution in [3.63, 3.8) is 0 Å². The van der Waals surface area contributed by atoms with E-state index in [0.717, 1.165) is 30.6 Å². The number of nitro benzene ring substituents is 1. The van der Waals surface area contributed by atoms with E-state index in [9.17, 15) is 10.1 Å². The van der Waals surface area contributed by atoms with E-state index in [1.807, 2.05) is 12.1 Å². The van der Waals surface area contributed by atoms with Crippen LogP contribution in [0.1, 0.15) is 38.2 Å². The van der Waals surface area contributed by atoms with Crippen LogP contribution in [-0.4, -0.2) is 24.1 Å². The van der Waals surface area contributed by atoms with Gasteiger partial charge < -0.3 is 10.6 Å². The van der Waals surface area contributed by atoms with Gasteiger partial charge in [0.2, 0.25) is 0 Å². The van der Waals surface area contributed by atoms with Gasteiger partial charge in [-0.3, -0.25) is 10.1 Å². The number of benzene rings is 1. The molecule has 0 aromatic heterocycles. The SMILES string of the molecule is CCN(c1cccc(C)c1[N+](=O)[O-])C1CCCCC1CN. The van der Waals surface area contributed by atoms with Crippen LogP contribution < -0.4 is 10.6 Å². The van der Waals surface area contributed by atoms with Crippen molar-refractivity contribution in [3.8, 4) is 0 Å². The van der Waals surface area contributed by atoms with Gasteiger partial charge in [-0.1, -0.05) is 25.0 Å². The standard InChI is InChI=1S/C16H25N3O2/c1-3-18(14-9-5-4-8-13(14)11-17)15-10-6-7-12(2)16(15)19(20)21/h6-7,10,13-14H,3-5,8-9,11,17H2,1-2H3. The average molecular weight is 291 g/mol. The van der Waals surface area contributed by atoms with Crippen LogP contribution in [0.2, 0.25) is 0 Å². The van der Waals surface area contributed by atoms with Gasteiger partial charge in [-0.2, -0.15) is 0 Å². The highest BCUT2D eigenvalue weighted by molar-refractivity contribution is 5.67. The highest BCUT2D eigenvalue weighted by atomic mass is 16.6. The van der Waals surface area contributed by atoms with Crippen molar-refractivity contribution in [3.05, 3.63) is 33.9 Å². The molecule has 2 atom stereocenters. The Balaban J connectivity index is 2.41. The van der Waals surface area contributed by atoms with Crippen LogP contribution in [0.5, 0.6) is 0 Å². The van der Waals surface area contributed by atoms with Gasteiger partial charge in [0.1, 0.15) is 5.69 Å². The molecule has 2 unspecified atom stereocenters. The Bertz CT molecular complexity index is 504. The summed E-state index contributed by atoms with van der Waals surface area (Å²) in [6, 6.07) is 5.89. The molecule has 1 aromatic rings. The number of nitrogens with two attached hydrogens (primary N) is 1. The Morgan fingerprint density at radius 1 is 1.38 bits per heavy atom. The number of hydrogen-bond donors (Lipinski definition) is 1. The maximum atomic E-state index is 11.5. The van der Waals surface area contributed by atoms with Gasteiger partial charge in [0.25, 0.3) is 5.69 Å². The minimum atomic E-state index is -0.256. The van der Waals surface area contributed by atoms with Crippen molar-refractivity contribution < 1.29 is 4.92 Å². The van der Waals surface area contributed by atoms with Gasteiger partial charge in [-0.05, 0) is 45.2 Å². The second-order valence-electron chi connectivity index (χ2n) is 5.83. The lowest BCUT2D eigenvalue weighted by atomic mass is 9.83. The Morgan fingerprint density at radius 3 is 2.71 bits per heavy atom. The zero-order chi connectivity index (χ0) is 15.4. The molecule has 1 aliphatic rings. The van der Waals surface area contributed by atoms with Gasteiger partial charge in [0, 0.05) is 18.2 Å². The molecule has 0 radical (unpaired) electrons. The third-order valence-corrected chi connectivity index (χ3v) is 4.62. The van der Waals surface area contributed by atoms with Crippen LogP contribution in [0.15, 0.2) is 18.2 Å². The fourth-order valence-electron chi connectivity index (χ4n) is 3.57. The molecule has 1 aromatic carbocycles. The Hall–Kier alpha value is -1.62. The van der Waals surface area contributed by atoms with Crippen LogP contribution in [-0.2, 0) is 0 Å². The summed E-state index contributed by atoms with van der Waals surface area (Å²) in [4.78, 5) is 13.4. The first-order valence-electron chi connectivity index (χ1n) is 7.80. The summed E-state index contributed by atoms with van der Waals surface area (Å²) in [6.45, 7) is 5.29. The smallest absolute Gasteiger partial charge is 0.295 e. The molecule has 5 nitrogen and oxygen atoms in total. The summed E-state index contributed by atoms with van der Waals surface area (Å²) >= 11 is 0. The number of anilines is 1. The molecule has 5 heteroatoms. The average Bonchev–Trinajstić information content (AvgIpc) is 2.48. The molecule has 0 bridgehead atoms. The van der Waals surface area contributed by atoms with Gasteiger partial charge in [0.05, 0.1) is 4.92 Å². The predicted molar refractivity (Wildman–Crippen MR) is 85.7 cm³/mol. The molecular weight excluding hydrogens is 266 g/mol. The first kappa shape index (κ1) is 15.8. The Kier molecular flexibility index (Phi) is 5.17. The molecule has 1 fully saturated rings. The van der Waals surface area contributed by atoms with E-state index < -0.39 is 0 Å². The van der Waals surface area contributed by atoms with Crippen molar-refractivity contribution in [1.29, 1.82) is 0 Å². The van der Waals surface area contributed by atoms with Crippen LogP contribution >= 0.6 is 0 Å². The molecule has 0 aliphatic heterocycles. The number of para-hydroxylation sites is 1. The monoisotopic (exact) mass is 291 g/mol. The van der Waals surface area contributed by atoms with Gasteiger partial charge in [-0.25, -0.2) is 0 Å². The molecule has 21 heavy (non-hydrogen) atoms. The lowest BCUT2D eigenvalue weighted by molar-refractivity contribution is -0.384. The molecular formula is C16H25N3O2. The summed E-state index contributed by atoms with van der Waals surface area (Å²) in [5.41, 5.74) is 7.63. The summed E-state index contributed by atoms with van der Waals surface area (Å²) in [6.07, 6.45) is 4.58. The zero-order valence-electron chi connectivity index (χ0n) is 12.9. The lowest BCUT2D eigenvalue weighted by Crippen LogP contribution is -2.45. The molecule has 116 valence electrons. The number of hydrogen-bond acceptors (Lipinski definition) is 4.